The van der Waals surface area contributed by atoms with Gasteiger partial charge in [0.15, 0.2) is 5.78 Å². The minimum Gasteiger partial charge on any atom is -0.383 e. The van der Waals surface area contributed by atoms with Crippen molar-refractivity contribution in [3.8, 4) is 0 Å². The van der Waals surface area contributed by atoms with Crippen molar-refractivity contribution < 1.29 is 4.79 Å². The van der Waals surface area contributed by atoms with Gasteiger partial charge in [0.2, 0.25) is 0 Å². The average Bonchev–Trinajstić information content (AvgIpc) is 2.91. The van der Waals surface area contributed by atoms with E-state index in [9.17, 15) is 4.79 Å². The van der Waals surface area contributed by atoms with Crippen molar-refractivity contribution in [1.29, 1.82) is 0 Å². The smallest absolute Gasteiger partial charge is 0.169 e. The highest BCUT2D eigenvalue weighted by molar-refractivity contribution is 7.10. The largest absolute Gasteiger partial charge is 0.383 e. The van der Waals surface area contributed by atoms with Crippen LogP contribution >= 0.6 is 11.3 Å². The summed E-state index contributed by atoms with van der Waals surface area (Å²) in [6.07, 6.45) is 2.02. The molecule has 0 aromatic carbocycles. The molecule has 0 radical (unpaired) electrons. The number of thiophene rings is 1. The summed E-state index contributed by atoms with van der Waals surface area (Å²) in [7, 11) is 0. The van der Waals surface area contributed by atoms with Gasteiger partial charge in [-0.25, -0.2) is 9.97 Å². The Labute approximate surface area is 115 Å². The second kappa shape index (κ2) is 4.74. The van der Waals surface area contributed by atoms with E-state index in [4.69, 9.17) is 5.73 Å². The number of hydrogen-bond acceptors (Lipinski definition) is 5. The number of nitrogens with two attached hydrogens (primary N) is 1. The molecule has 19 heavy (non-hydrogen) atoms. The van der Waals surface area contributed by atoms with Crippen molar-refractivity contribution in [3.05, 3.63) is 39.5 Å². The summed E-state index contributed by atoms with van der Waals surface area (Å²) >= 11 is 1.69. The lowest BCUT2D eigenvalue weighted by Crippen LogP contribution is -2.23. The lowest BCUT2D eigenvalue weighted by atomic mass is 9.85. The summed E-state index contributed by atoms with van der Waals surface area (Å²) < 4.78 is 0. The number of Topliss-reactive ketones (excluding diaryl/α,β-unsaturated/α-hetero) is 1. The molecule has 0 unspecified atom stereocenters. The number of carbonyl (C=O) groups is 1. The van der Waals surface area contributed by atoms with E-state index in [1.807, 2.05) is 18.4 Å². The molecule has 0 amide bonds. The SMILES string of the molecule is CCc1nc(N)c2c(n1)C[C@H](c1cccs1)CC2=O. The maximum absolute atomic E-state index is 12.3. The minimum atomic E-state index is 0.0693. The number of anilines is 1. The van der Waals surface area contributed by atoms with Crippen LogP contribution in [0.1, 0.15) is 46.0 Å². The fourth-order valence-corrected chi connectivity index (χ4v) is 3.38. The number of nitrogens with zero attached hydrogens (tertiary/aromatic N) is 2. The van der Waals surface area contributed by atoms with Gasteiger partial charge < -0.3 is 5.73 Å². The molecule has 0 bridgehead atoms. The van der Waals surface area contributed by atoms with E-state index >= 15 is 0 Å². The molecule has 3 rings (SSSR count). The van der Waals surface area contributed by atoms with Crippen molar-refractivity contribution in [2.45, 2.75) is 32.1 Å². The fourth-order valence-electron chi connectivity index (χ4n) is 2.55. The quantitative estimate of drug-likeness (QED) is 0.913. The third-order valence-electron chi connectivity index (χ3n) is 3.47. The minimum absolute atomic E-state index is 0.0693. The molecule has 2 N–H and O–H groups in total. The van der Waals surface area contributed by atoms with Crippen LogP contribution in [0.15, 0.2) is 17.5 Å². The molecule has 1 aliphatic rings. The number of nitrogen functional groups attached to an aromatic ring is 1. The Bertz CT molecular complexity index is 622. The Balaban J connectivity index is 2.03. The molecule has 1 aliphatic carbocycles. The van der Waals surface area contributed by atoms with E-state index < -0.39 is 0 Å². The van der Waals surface area contributed by atoms with Crippen molar-refractivity contribution in [1.82, 2.24) is 9.97 Å². The van der Waals surface area contributed by atoms with Gasteiger partial charge in [0, 0.05) is 23.6 Å². The summed E-state index contributed by atoms with van der Waals surface area (Å²) in [6.45, 7) is 1.99. The van der Waals surface area contributed by atoms with Crippen LogP contribution in [0, 0.1) is 0 Å². The van der Waals surface area contributed by atoms with Gasteiger partial charge in [0.1, 0.15) is 11.6 Å². The number of rotatable bonds is 2. The number of ketones is 1. The van der Waals surface area contributed by atoms with Crippen molar-refractivity contribution in [3.63, 3.8) is 0 Å². The highest BCUT2D eigenvalue weighted by Crippen LogP contribution is 2.35. The molecular formula is C14H15N3OS. The molecule has 0 fully saturated rings. The van der Waals surface area contributed by atoms with Crippen molar-refractivity contribution in [2.75, 3.05) is 5.73 Å². The Morgan fingerprint density at radius 1 is 1.42 bits per heavy atom. The van der Waals surface area contributed by atoms with Gasteiger partial charge in [0.05, 0.1) is 11.3 Å². The first-order chi connectivity index (χ1) is 9.19. The Hall–Kier alpha value is -1.75. The third-order valence-corrected chi connectivity index (χ3v) is 4.51. The summed E-state index contributed by atoms with van der Waals surface area (Å²) in [5.41, 5.74) is 7.27. The molecule has 0 saturated carbocycles. The third kappa shape index (κ3) is 2.14. The highest BCUT2D eigenvalue weighted by atomic mass is 32.1. The van der Waals surface area contributed by atoms with Crippen LogP contribution in [-0.2, 0) is 12.8 Å². The average molecular weight is 273 g/mol. The molecule has 5 heteroatoms. The van der Waals surface area contributed by atoms with Crippen LogP contribution in [0.5, 0.6) is 0 Å². The Kier molecular flexibility index (Phi) is 3.06. The van der Waals surface area contributed by atoms with Crippen molar-refractivity contribution >= 4 is 22.9 Å². The lowest BCUT2D eigenvalue weighted by Gasteiger charge is -2.23. The predicted molar refractivity (Wildman–Crippen MR) is 75.5 cm³/mol. The van der Waals surface area contributed by atoms with E-state index in [1.54, 1.807) is 11.3 Å². The van der Waals surface area contributed by atoms with E-state index in [0.717, 1.165) is 24.4 Å². The first kappa shape index (κ1) is 12.3. The molecule has 98 valence electrons. The molecule has 4 nitrogen and oxygen atoms in total. The van der Waals surface area contributed by atoms with Gasteiger partial charge in [-0.05, 0) is 17.9 Å². The van der Waals surface area contributed by atoms with Crippen LogP contribution in [-0.4, -0.2) is 15.8 Å². The van der Waals surface area contributed by atoms with Crippen LogP contribution in [0.25, 0.3) is 0 Å². The van der Waals surface area contributed by atoms with Crippen LogP contribution in [0.3, 0.4) is 0 Å². The molecule has 2 aromatic heterocycles. The first-order valence-electron chi connectivity index (χ1n) is 6.41. The van der Waals surface area contributed by atoms with E-state index in [1.165, 1.54) is 4.88 Å². The van der Waals surface area contributed by atoms with E-state index in [-0.39, 0.29) is 11.7 Å². The maximum Gasteiger partial charge on any atom is 0.169 e. The van der Waals surface area contributed by atoms with Crippen LogP contribution in [0.2, 0.25) is 0 Å². The molecular weight excluding hydrogens is 258 g/mol. The summed E-state index contributed by atoms with van der Waals surface area (Å²) in [5.74, 6) is 1.37. The Morgan fingerprint density at radius 2 is 2.26 bits per heavy atom. The second-order valence-corrected chi connectivity index (χ2v) is 5.72. The lowest BCUT2D eigenvalue weighted by molar-refractivity contribution is 0.0964. The van der Waals surface area contributed by atoms with Gasteiger partial charge in [0.25, 0.3) is 0 Å². The zero-order chi connectivity index (χ0) is 13.4. The standard InChI is InChI=1S/C14H15N3OS/c1-2-12-16-9-6-8(11-4-3-5-19-11)7-10(18)13(9)14(15)17-12/h3-5,8H,2,6-7H2,1H3,(H2,15,16,17)/t8-/m0/s1. The summed E-state index contributed by atoms with van der Waals surface area (Å²) in [5, 5.41) is 2.04. The number of hydrogen-bond donors (Lipinski definition) is 1. The predicted octanol–water partition coefficient (Wildman–Crippen LogP) is 2.60. The molecule has 2 heterocycles. The number of aryl methyl sites for hydroxylation is 1. The van der Waals surface area contributed by atoms with Gasteiger partial charge >= 0.3 is 0 Å². The molecule has 2 aromatic rings. The van der Waals surface area contributed by atoms with Crippen LogP contribution < -0.4 is 5.73 Å². The normalized spacial score (nSPS) is 18.4. The topological polar surface area (TPSA) is 68.9 Å². The Morgan fingerprint density at radius 3 is 2.95 bits per heavy atom. The van der Waals surface area contributed by atoms with Gasteiger partial charge in [-0.15, -0.1) is 11.3 Å². The van der Waals surface area contributed by atoms with E-state index in [2.05, 4.69) is 16.0 Å². The molecule has 1 atom stereocenters. The van der Waals surface area contributed by atoms with E-state index in [0.29, 0.717) is 17.8 Å². The monoisotopic (exact) mass is 273 g/mol. The second-order valence-electron chi connectivity index (χ2n) is 4.74. The summed E-state index contributed by atoms with van der Waals surface area (Å²) in [6, 6.07) is 4.10. The molecule has 0 aliphatic heterocycles. The van der Waals surface area contributed by atoms with Crippen molar-refractivity contribution in [2.24, 2.45) is 0 Å². The first-order valence-corrected chi connectivity index (χ1v) is 7.28. The van der Waals surface area contributed by atoms with Gasteiger partial charge in [-0.1, -0.05) is 13.0 Å². The fraction of sp³-hybridized carbons (Fsp3) is 0.357. The highest BCUT2D eigenvalue weighted by Gasteiger charge is 2.30. The maximum atomic E-state index is 12.3. The van der Waals surface area contributed by atoms with Gasteiger partial charge in [-0.2, -0.15) is 0 Å². The van der Waals surface area contributed by atoms with Crippen LogP contribution in [0.4, 0.5) is 5.82 Å². The number of carbonyl (C=O) groups excluding carboxylic acids is 1. The van der Waals surface area contributed by atoms with Gasteiger partial charge in [-0.3, -0.25) is 4.79 Å². The number of fused-ring (bicyclic) bond motifs is 1. The zero-order valence-electron chi connectivity index (χ0n) is 10.7. The molecule has 0 saturated heterocycles. The number of aromatic nitrogens is 2. The molecule has 0 spiro atoms. The summed E-state index contributed by atoms with van der Waals surface area (Å²) in [4.78, 5) is 22.2. The zero-order valence-corrected chi connectivity index (χ0v) is 11.5.